The van der Waals surface area contributed by atoms with Gasteiger partial charge in [0.15, 0.2) is 0 Å². The van der Waals surface area contributed by atoms with Crippen molar-refractivity contribution >= 4 is 29.5 Å². The number of hydrogen-bond acceptors (Lipinski definition) is 7. The van der Waals surface area contributed by atoms with Crippen molar-refractivity contribution in [2.45, 2.75) is 49.7 Å². The van der Waals surface area contributed by atoms with E-state index in [1.165, 1.54) is 4.90 Å². The molecule has 2 unspecified atom stereocenters. The predicted octanol–water partition coefficient (Wildman–Crippen LogP) is -0.224. The molecule has 2 amide bonds. The standard InChI is InChI=1S/C11H15N5O4S/c1-3-6(2)16-8(17)4-7(10(16)20)21-11-12-13-14-15(11)5-9(18)19/h6-7H,3-5H2,1-2H3,(H,18,19). The zero-order chi connectivity index (χ0) is 15.6. The van der Waals surface area contributed by atoms with Gasteiger partial charge in [-0.05, 0) is 23.8 Å². The van der Waals surface area contributed by atoms with E-state index in [0.717, 1.165) is 16.4 Å². The van der Waals surface area contributed by atoms with Gasteiger partial charge in [0.2, 0.25) is 17.0 Å². The fourth-order valence-corrected chi connectivity index (χ4v) is 3.00. The molecule has 0 aromatic carbocycles. The third-order valence-electron chi connectivity index (χ3n) is 3.20. The van der Waals surface area contributed by atoms with Gasteiger partial charge in [0, 0.05) is 12.5 Å². The third-order valence-corrected chi connectivity index (χ3v) is 4.36. The summed E-state index contributed by atoms with van der Waals surface area (Å²) >= 11 is 1.02. The molecule has 1 saturated heterocycles. The molecule has 1 aromatic rings. The summed E-state index contributed by atoms with van der Waals surface area (Å²) in [4.78, 5) is 36.2. The Morgan fingerprint density at radius 3 is 2.86 bits per heavy atom. The fraction of sp³-hybridized carbons (Fsp3) is 0.636. The first kappa shape index (κ1) is 15.4. The van der Waals surface area contributed by atoms with Gasteiger partial charge in [-0.2, -0.15) is 0 Å². The van der Waals surface area contributed by atoms with Crippen molar-refractivity contribution in [1.29, 1.82) is 0 Å². The molecule has 9 nitrogen and oxygen atoms in total. The van der Waals surface area contributed by atoms with Gasteiger partial charge < -0.3 is 5.11 Å². The van der Waals surface area contributed by atoms with Gasteiger partial charge in [-0.1, -0.05) is 18.7 Å². The van der Waals surface area contributed by atoms with Crippen molar-refractivity contribution in [1.82, 2.24) is 25.1 Å². The molecular formula is C11H15N5O4S. The molecule has 0 saturated carbocycles. The number of amides is 2. The zero-order valence-corrected chi connectivity index (χ0v) is 12.4. The maximum atomic E-state index is 12.3. The zero-order valence-electron chi connectivity index (χ0n) is 11.6. The third kappa shape index (κ3) is 3.20. The summed E-state index contributed by atoms with van der Waals surface area (Å²) in [6.45, 7) is 3.33. The second kappa shape index (κ2) is 6.20. The number of likely N-dealkylation sites (tertiary alicyclic amines) is 1. The maximum absolute atomic E-state index is 12.3. The average molecular weight is 313 g/mol. The first-order valence-electron chi connectivity index (χ1n) is 6.44. The molecule has 1 aliphatic heterocycles. The number of aliphatic carboxylic acids is 1. The number of imide groups is 1. The van der Waals surface area contributed by atoms with E-state index in [1.54, 1.807) is 0 Å². The summed E-state index contributed by atoms with van der Waals surface area (Å²) in [6.07, 6.45) is 0.763. The molecule has 114 valence electrons. The molecule has 1 fully saturated rings. The number of carboxylic acids is 1. The largest absolute Gasteiger partial charge is 0.480 e. The van der Waals surface area contributed by atoms with E-state index >= 15 is 0 Å². The Bertz CT molecular complexity index is 575. The molecule has 1 aromatic heterocycles. The van der Waals surface area contributed by atoms with E-state index in [4.69, 9.17) is 5.11 Å². The van der Waals surface area contributed by atoms with Crippen LogP contribution in [0.1, 0.15) is 26.7 Å². The van der Waals surface area contributed by atoms with E-state index in [9.17, 15) is 14.4 Å². The minimum absolute atomic E-state index is 0.0772. The predicted molar refractivity (Wildman–Crippen MR) is 71.3 cm³/mol. The fourth-order valence-electron chi connectivity index (χ4n) is 2.00. The minimum Gasteiger partial charge on any atom is -0.480 e. The Balaban J connectivity index is 2.11. The molecule has 0 aliphatic carbocycles. The molecule has 0 radical (unpaired) electrons. The molecule has 0 spiro atoms. The van der Waals surface area contributed by atoms with E-state index < -0.39 is 11.2 Å². The Morgan fingerprint density at radius 2 is 2.24 bits per heavy atom. The number of hydrogen-bond donors (Lipinski definition) is 1. The van der Waals surface area contributed by atoms with Crippen LogP contribution in [-0.4, -0.2) is 59.3 Å². The van der Waals surface area contributed by atoms with Gasteiger partial charge in [-0.15, -0.1) is 5.10 Å². The Hall–Kier alpha value is -1.97. The van der Waals surface area contributed by atoms with Crippen LogP contribution in [-0.2, 0) is 20.9 Å². The smallest absolute Gasteiger partial charge is 0.325 e. The van der Waals surface area contributed by atoms with E-state index in [0.29, 0.717) is 6.42 Å². The van der Waals surface area contributed by atoms with Gasteiger partial charge in [0.25, 0.3) is 0 Å². The Morgan fingerprint density at radius 1 is 1.52 bits per heavy atom. The quantitative estimate of drug-likeness (QED) is 0.716. The highest BCUT2D eigenvalue weighted by Crippen LogP contribution is 2.31. The maximum Gasteiger partial charge on any atom is 0.325 e. The lowest BCUT2D eigenvalue weighted by Gasteiger charge is -2.21. The first-order chi connectivity index (χ1) is 9.93. The van der Waals surface area contributed by atoms with Gasteiger partial charge in [0.1, 0.15) is 11.8 Å². The summed E-state index contributed by atoms with van der Waals surface area (Å²) in [5.41, 5.74) is 0. The molecule has 21 heavy (non-hydrogen) atoms. The van der Waals surface area contributed by atoms with Crippen LogP contribution in [0, 0.1) is 0 Å². The number of carbonyl (C=O) groups excluding carboxylic acids is 2. The van der Waals surface area contributed by atoms with Crippen molar-refractivity contribution in [3.05, 3.63) is 0 Å². The van der Waals surface area contributed by atoms with E-state index in [2.05, 4.69) is 15.5 Å². The number of carboxylic acid groups (broad SMARTS) is 1. The lowest BCUT2D eigenvalue weighted by atomic mass is 10.2. The van der Waals surface area contributed by atoms with Crippen molar-refractivity contribution in [2.75, 3.05) is 0 Å². The lowest BCUT2D eigenvalue weighted by Crippen LogP contribution is -2.38. The molecule has 2 rings (SSSR count). The van der Waals surface area contributed by atoms with Crippen molar-refractivity contribution in [2.24, 2.45) is 0 Å². The van der Waals surface area contributed by atoms with Gasteiger partial charge in [-0.3, -0.25) is 19.3 Å². The van der Waals surface area contributed by atoms with Gasteiger partial charge >= 0.3 is 5.97 Å². The number of nitrogens with zero attached hydrogens (tertiary/aromatic N) is 5. The van der Waals surface area contributed by atoms with Crippen molar-refractivity contribution in [3.8, 4) is 0 Å². The summed E-state index contributed by atoms with van der Waals surface area (Å²) in [7, 11) is 0. The molecular weight excluding hydrogens is 298 g/mol. The second-order valence-corrected chi connectivity index (χ2v) is 5.85. The van der Waals surface area contributed by atoms with Crippen LogP contribution < -0.4 is 0 Å². The Kier molecular flexibility index (Phi) is 4.56. The molecule has 1 aliphatic rings. The topological polar surface area (TPSA) is 118 Å². The van der Waals surface area contributed by atoms with Crippen LogP contribution >= 0.6 is 11.8 Å². The van der Waals surface area contributed by atoms with Crippen LogP contribution in [0.4, 0.5) is 0 Å². The normalized spacial score (nSPS) is 20.1. The average Bonchev–Trinajstić information content (AvgIpc) is 2.94. The molecule has 2 heterocycles. The number of thioether (sulfide) groups is 1. The van der Waals surface area contributed by atoms with Crippen molar-refractivity contribution < 1.29 is 19.5 Å². The summed E-state index contributed by atoms with van der Waals surface area (Å²) in [5.74, 6) is -1.58. The number of aromatic nitrogens is 4. The molecule has 2 atom stereocenters. The van der Waals surface area contributed by atoms with E-state index in [-0.39, 0.29) is 36.0 Å². The molecule has 0 bridgehead atoms. The summed E-state index contributed by atoms with van der Waals surface area (Å²) in [5, 5.41) is 19.0. The van der Waals surface area contributed by atoms with Crippen LogP contribution in [0.5, 0.6) is 0 Å². The minimum atomic E-state index is -1.08. The van der Waals surface area contributed by atoms with Crippen LogP contribution in [0.3, 0.4) is 0 Å². The van der Waals surface area contributed by atoms with E-state index in [1.807, 2.05) is 13.8 Å². The monoisotopic (exact) mass is 313 g/mol. The lowest BCUT2D eigenvalue weighted by molar-refractivity contribution is -0.141. The molecule has 10 heteroatoms. The molecule has 1 N–H and O–H groups in total. The first-order valence-corrected chi connectivity index (χ1v) is 7.32. The second-order valence-electron chi connectivity index (χ2n) is 4.68. The van der Waals surface area contributed by atoms with Gasteiger partial charge in [-0.25, -0.2) is 4.68 Å². The summed E-state index contributed by atoms with van der Waals surface area (Å²) < 4.78 is 1.09. The number of tetrazole rings is 1. The summed E-state index contributed by atoms with van der Waals surface area (Å²) in [6, 6.07) is -0.148. The van der Waals surface area contributed by atoms with Crippen LogP contribution in [0.25, 0.3) is 0 Å². The SMILES string of the molecule is CCC(C)N1C(=O)CC(Sc2nnnn2CC(=O)O)C1=O. The van der Waals surface area contributed by atoms with Crippen LogP contribution in [0.15, 0.2) is 5.16 Å². The highest BCUT2D eigenvalue weighted by molar-refractivity contribution is 8.00. The highest BCUT2D eigenvalue weighted by atomic mass is 32.2. The number of carbonyl (C=O) groups is 3. The van der Waals surface area contributed by atoms with Crippen molar-refractivity contribution in [3.63, 3.8) is 0 Å². The Labute approximate surface area is 124 Å². The van der Waals surface area contributed by atoms with Crippen LogP contribution in [0.2, 0.25) is 0 Å². The van der Waals surface area contributed by atoms with Gasteiger partial charge in [0.05, 0.1) is 0 Å². The number of rotatable bonds is 6. The highest BCUT2D eigenvalue weighted by Gasteiger charge is 2.41.